The van der Waals surface area contributed by atoms with Crippen LogP contribution in [-0.4, -0.2) is 22.6 Å². The van der Waals surface area contributed by atoms with Crippen molar-refractivity contribution < 1.29 is 14.3 Å². The Morgan fingerprint density at radius 1 is 1.44 bits per heavy atom. The molecule has 5 nitrogen and oxygen atoms in total. The van der Waals surface area contributed by atoms with Crippen LogP contribution in [0.5, 0.6) is 0 Å². The van der Waals surface area contributed by atoms with Gasteiger partial charge in [0.15, 0.2) is 5.89 Å². The van der Waals surface area contributed by atoms with E-state index in [1.165, 1.54) is 0 Å². The van der Waals surface area contributed by atoms with E-state index in [1.807, 2.05) is 0 Å². The first-order chi connectivity index (χ1) is 7.75. The summed E-state index contributed by atoms with van der Waals surface area (Å²) in [6.07, 6.45) is 4.14. The summed E-state index contributed by atoms with van der Waals surface area (Å²) in [5, 5.41) is 12.3. The van der Waals surface area contributed by atoms with Crippen LogP contribution in [-0.2, 0) is 0 Å². The van der Waals surface area contributed by atoms with Gasteiger partial charge < -0.3 is 14.8 Å². The summed E-state index contributed by atoms with van der Waals surface area (Å²) in [5.74, 6) is -0.0150. The van der Waals surface area contributed by atoms with Gasteiger partial charge in [0, 0.05) is 5.92 Å². The molecule has 1 unspecified atom stereocenters. The van der Waals surface area contributed by atoms with Gasteiger partial charge in [0.1, 0.15) is 5.69 Å². The zero-order valence-electron chi connectivity index (χ0n) is 8.90. The van der Waals surface area contributed by atoms with Crippen LogP contribution in [0, 0.1) is 0 Å². The van der Waals surface area contributed by atoms with Crippen LogP contribution in [0.15, 0.2) is 4.42 Å². The van der Waals surface area contributed by atoms with Crippen molar-refractivity contribution in [3.8, 4) is 0 Å². The normalized spacial score (nSPS) is 24.9. The van der Waals surface area contributed by atoms with Crippen LogP contribution in [0.3, 0.4) is 0 Å². The van der Waals surface area contributed by atoms with E-state index in [-0.39, 0.29) is 11.8 Å². The summed E-state index contributed by atoms with van der Waals surface area (Å²) in [6, 6.07) is 0.0577. The maximum Gasteiger partial charge on any atom is 0.373 e. The first-order valence-electron chi connectivity index (χ1n) is 5.73. The molecule has 2 N–H and O–H groups in total. The topological polar surface area (TPSA) is 75.4 Å². The highest BCUT2D eigenvalue weighted by molar-refractivity contribution is 5.85. The summed E-state index contributed by atoms with van der Waals surface area (Å²) in [5.41, 5.74) is 0.590. The zero-order valence-corrected chi connectivity index (χ0v) is 8.90. The van der Waals surface area contributed by atoms with Crippen LogP contribution in [0.1, 0.15) is 59.8 Å². The highest BCUT2D eigenvalue weighted by Gasteiger charge is 2.34. The molecule has 1 aromatic rings. The number of nitrogens with one attached hydrogen (secondary N) is 1. The molecule has 1 aliphatic heterocycles. The molecule has 1 saturated carbocycles. The molecule has 1 aliphatic carbocycles. The number of aromatic nitrogens is 1. The van der Waals surface area contributed by atoms with E-state index >= 15 is 0 Å². The van der Waals surface area contributed by atoms with Crippen molar-refractivity contribution in [3.05, 3.63) is 17.3 Å². The van der Waals surface area contributed by atoms with Crippen molar-refractivity contribution >= 4 is 5.97 Å². The number of aromatic carboxylic acids is 1. The molecule has 86 valence electrons. The molecule has 0 aromatic carbocycles. The third-order valence-corrected chi connectivity index (χ3v) is 3.18. The number of rotatable bonds is 3. The summed E-state index contributed by atoms with van der Waals surface area (Å²) < 4.78 is 5.36. The molecule has 0 radical (unpaired) electrons. The van der Waals surface area contributed by atoms with Crippen molar-refractivity contribution in [2.24, 2.45) is 0 Å². The second kappa shape index (κ2) is 3.59. The van der Waals surface area contributed by atoms with Crippen molar-refractivity contribution in [1.82, 2.24) is 10.3 Å². The summed E-state index contributed by atoms with van der Waals surface area (Å²) >= 11 is 0. The third-order valence-electron chi connectivity index (χ3n) is 3.18. The number of carbonyl (C=O) groups is 1. The Morgan fingerprint density at radius 2 is 2.25 bits per heavy atom. The smallest absolute Gasteiger partial charge is 0.373 e. The van der Waals surface area contributed by atoms with Crippen molar-refractivity contribution in [2.75, 3.05) is 6.54 Å². The average molecular weight is 222 g/mol. The van der Waals surface area contributed by atoms with Gasteiger partial charge in [-0.3, -0.25) is 0 Å². The van der Waals surface area contributed by atoms with Gasteiger partial charge in [0.05, 0.1) is 6.04 Å². The number of hydrogen-bond acceptors (Lipinski definition) is 4. The maximum atomic E-state index is 11.1. The predicted octanol–water partition coefficient (Wildman–Crippen LogP) is 1.67. The largest absolute Gasteiger partial charge is 0.475 e. The van der Waals surface area contributed by atoms with Crippen LogP contribution >= 0.6 is 0 Å². The molecule has 2 aliphatic rings. The summed E-state index contributed by atoms with van der Waals surface area (Å²) in [6.45, 7) is 0.926. The molecule has 0 bridgehead atoms. The van der Waals surface area contributed by atoms with E-state index in [9.17, 15) is 4.79 Å². The number of carboxylic acid groups (broad SMARTS) is 1. The van der Waals surface area contributed by atoms with E-state index in [0.29, 0.717) is 17.5 Å². The number of nitrogens with zero attached hydrogens (tertiary/aromatic N) is 1. The Bertz CT molecular complexity index is 417. The Labute approximate surface area is 92.9 Å². The maximum absolute atomic E-state index is 11.1. The van der Waals surface area contributed by atoms with Crippen molar-refractivity contribution in [2.45, 2.75) is 37.6 Å². The van der Waals surface area contributed by atoms with Crippen molar-refractivity contribution in [3.63, 3.8) is 0 Å². The van der Waals surface area contributed by atoms with Gasteiger partial charge >= 0.3 is 5.97 Å². The van der Waals surface area contributed by atoms with Gasteiger partial charge in [-0.25, -0.2) is 9.78 Å². The Balaban J connectivity index is 1.96. The molecule has 5 heteroatoms. The Hall–Kier alpha value is -1.36. The molecule has 0 spiro atoms. The van der Waals surface area contributed by atoms with Crippen molar-refractivity contribution in [1.29, 1.82) is 0 Å². The zero-order chi connectivity index (χ0) is 11.1. The SMILES string of the molecule is O=C(O)c1oc(C2CC2)nc1C1CCCN1. The lowest BCUT2D eigenvalue weighted by Gasteiger charge is -2.05. The third kappa shape index (κ3) is 1.61. The highest BCUT2D eigenvalue weighted by atomic mass is 16.4. The highest BCUT2D eigenvalue weighted by Crippen LogP contribution is 2.41. The standard InChI is InChI=1S/C11H14N2O3/c14-11(15)9-8(7-2-1-5-12-7)13-10(16-9)6-3-4-6/h6-7,12H,1-5H2,(H,14,15). The lowest BCUT2D eigenvalue weighted by molar-refractivity contribution is 0.0658. The Kier molecular flexibility index (Phi) is 2.21. The number of carboxylic acids is 1. The van der Waals surface area contributed by atoms with Crippen LogP contribution < -0.4 is 5.32 Å². The first-order valence-corrected chi connectivity index (χ1v) is 5.73. The van der Waals surface area contributed by atoms with E-state index in [1.54, 1.807) is 0 Å². The van der Waals surface area contributed by atoms with Gasteiger partial charge in [-0.2, -0.15) is 0 Å². The van der Waals surface area contributed by atoms with Gasteiger partial charge in [-0.05, 0) is 32.2 Å². The lowest BCUT2D eigenvalue weighted by atomic mass is 10.1. The number of hydrogen-bond donors (Lipinski definition) is 2. The lowest BCUT2D eigenvalue weighted by Crippen LogP contribution is -2.16. The fourth-order valence-electron chi connectivity index (χ4n) is 2.16. The number of oxazole rings is 1. The quantitative estimate of drug-likeness (QED) is 0.813. The molecule has 1 saturated heterocycles. The second-order valence-electron chi connectivity index (χ2n) is 4.49. The Morgan fingerprint density at radius 3 is 2.81 bits per heavy atom. The van der Waals surface area contributed by atoms with Gasteiger partial charge in [-0.1, -0.05) is 0 Å². The molecule has 2 heterocycles. The fourth-order valence-corrected chi connectivity index (χ4v) is 2.16. The monoisotopic (exact) mass is 222 g/mol. The molecule has 0 amide bonds. The van der Waals surface area contributed by atoms with Crippen LogP contribution in [0.4, 0.5) is 0 Å². The minimum Gasteiger partial charge on any atom is -0.475 e. The average Bonchev–Trinajstić information content (AvgIpc) is 2.83. The molecular formula is C11H14N2O3. The molecule has 2 fully saturated rings. The van der Waals surface area contributed by atoms with Gasteiger partial charge in [0.25, 0.3) is 0 Å². The van der Waals surface area contributed by atoms with Crippen LogP contribution in [0.25, 0.3) is 0 Å². The second-order valence-corrected chi connectivity index (χ2v) is 4.49. The molecule has 1 atom stereocenters. The molecule has 3 rings (SSSR count). The minimum absolute atomic E-state index is 0.0290. The molecule has 1 aromatic heterocycles. The summed E-state index contributed by atoms with van der Waals surface area (Å²) in [7, 11) is 0. The molecule has 16 heavy (non-hydrogen) atoms. The molecular weight excluding hydrogens is 208 g/mol. The van der Waals surface area contributed by atoms with E-state index in [4.69, 9.17) is 9.52 Å². The van der Waals surface area contributed by atoms with Gasteiger partial charge in [0.2, 0.25) is 5.76 Å². The van der Waals surface area contributed by atoms with Gasteiger partial charge in [-0.15, -0.1) is 0 Å². The van der Waals surface area contributed by atoms with E-state index < -0.39 is 5.97 Å². The summed E-state index contributed by atoms with van der Waals surface area (Å²) in [4.78, 5) is 15.4. The first kappa shape index (κ1) is 9.84. The van der Waals surface area contributed by atoms with Crippen LogP contribution in [0.2, 0.25) is 0 Å². The minimum atomic E-state index is -1.01. The fraction of sp³-hybridized carbons (Fsp3) is 0.636. The van der Waals surface area contributed by atoms with E-state index in [0.717, 1.165) is 32.2 Å². The predicted molar refractivity (Wildman–Crippen MR) is 55.4 cm³/mol. The van der Waals surface area contributed by atoms with E-state index in [2.05, 4.69) is 10.3 Å².